The molecule has 0 radical (unpaired) electrons. The first kappa shape index (κ1) is 13.4. The van der Waals surface area contributed by atoms with Crippen LogP contribution in [0.4, 0.5) is 5.69 Å². The van der Waals surface area contributed by atoms with Gasteiger partial charge in [-0.05, 0) is 6.07 Å². The zero-order chi connectivity index (χ0) is 12.8. The van der Waals surface area contributed by atoms with Gasteiger partial charge in [0.1, 0.15) is 0 Å². The van der Waals surface area contributed by atoms with Crippen molar-refractivity contribution in [1.82, 2.24) is 5.32 Å². The number of nitrogens with zero attached hydrogens (tertiary/aromatic N) is 1. The van der Waals surface area contributed by atoms with Crippen LogP contribution in [0.15, 0.2) is 18.2 Å². The van der Waals surface area contributed by atoms with E-state index in [-0.39, 0.29) is 22.2 Å². The largest absolute Gasteiger partial charge is 0.383 e. The molecule has 0 saturated heterocycles. The Morgan fingerprint density at radius 2 is 2.29 bits per heavy atom. The Kier molecular flexibility index (Phi) is 4.86. The Morgan fingerprint density at radius 1 is 1.59 bits per heavy atom. The summed E-state index contributed by atoms with van der Waals surface area (Å²) >= 11 is 5.78. The first-order valence-electron chi connectivity index (χ1n) is 4.77. The summed E-state index contributed by atoms with van der Waals surface area (Å²) in [5, 5.41) is 13.1. The van der Waals surface area contributed by atoms with Crippen molar-refractivity contribution in [2.24, 2.45) is 0 Å². The van der Waals surface area contributed by atoms with Crippen LogP contribution >= 0.6 is 11.6 Å². The average Bonchev–Trinajstić information content (AvgIpc) is 2.28. The zero-order valence-corrected chi connectivity index (χ0v) is 9.86. The number of nitro groups is 1. The van der Waals surface area contributed by atoms with Crippen LogP contribution in [0.3, 0.4) is 0 Å². The number of nitro benzene ring substituents is 1. The molecule has 1 rings (SSSR count). The molecule has 1 aromatic rings. The molecule has 1 amide bonds. The van der Waals surface area contributed by atoms with Crippen LogP contribution < -0.4 is 5.32 Å². The molecule has 0 fully saturated rings. The Balaban J connectivity index is 2.78. The summed E-state index contributed by atoms with van der Waals surface area (Å²) in [7, 11) is 1.52. The van der Waals surface area contributed by atoms with Crippen molar-refractivity contribution in [3.63, 3.8) is 0 Å². The van der Waals surface area contributed by atoms with Crippen LogP contribution in [0, 0.1) is 10.1 Å². The van der Waals surface area contributed by atoms with Crippen molar-refractivity contribution in [1.29, 1.82) is 0 Å². The van der Waals surface area contributed by atoms with Crippen molar-refractivity contribution in [2.45, 2.75) is 0 Å². The molecular formula is C10H11ClN2O4. The number of methoxy groups -OCH3 is 1. The molecule has 0 aliphatic rings. The molecule has 1 N–H and O–H groups in total. The highest BCUT2D eigenvalue weighted by Gasteiger charge is 2.14. The SMILES string of the molecule is COCCNC(=O)c1ccc([N+](=O)[O-])cc1Cl. The zero-order valence-electron chi connectivity index (χ0n) is 9.10. The van der Waals surface area contributed by atoms with Gasteiger partial charge in [-0.15, -0.1) is 0 Å². The maximum Gasteiger partial charge on any atom is 0.270 e. The third kappa shape index (κ3) is 3.69. The van der Waals surface area contributed by atoms with Gasteiger partial charge in [-0.25, -0.2) is 0 Å². The predicted octanol–water partition coefficient (Wildman–Crippen LogP) is 1.62. The summed E-state index contributed by atoms with van der Waals surface area (Å²) < 4.78 is 4.77. The summed E-state index contributed by atoms with van der Waals surface area (Å²) in [6, 6.07) is 3.70. The quantitative estimate of drug-likeness (QED) is 0.494. The summed E-state index contributed by atoms with van der Waals surface area (Å²) in [4.78, 5) is 21.5. The summed E-state index contributed by atoms with van der Waals surface area (Å²) in [6.07, 6.45) is 0. The second-order valence-electron chi connectivity index (χ2n) is 3.17. The minimum absolute atomic E-state index is 0.0501. The number of hydrogen-bond donors (Lipinski definition) is 1. The molecule has 0 aliphatic heterocycles. The standard InChI is InChI=1S/C10H11ClN2O4/c1-17-5-4-12-10(14)8-3-2-7(13(15)16)6-9(8)11/h2-3,6H,4-5H2,1H3,(H,12,14). The Bertz CT molecular complexity index is 436. The van der Waals surface area contributed by atoms with Crippen molar-refractivity contribution in [3.8, 4) is 0 Å². The molecular weight excluding hydrogens is 248 g/mol. The highest BCUT2D eigenvalue weighted by Crippen LogP contribution is 2.22. The number of non-ortho nitro benzene ring substituents is 1. The van der Waals surface area contributed by atoms with Crippen LogP contribution in [0.1, 0.15) is 10.4 Å². The second kappa shape index (κ2) is 6.17. The maximum absolute atomic E-state index is 11.6. The predicted molar refractivity (Wildman–Crippen MR) is 62.3 cm³/mol. The molecule has 1 aromatic carbocycles. The van der Waals surface area contributed by atoms with Gasteiger partial charge in [0.15, 0.2) is 0 Å². The van der Waals surface area contributed by atoms with E-state index >= 15 is 0 Å². The molecule has 0 heterocycles. The number of carbonyl (C=O) groups excluding carboxylic acids is 1. The van der Waals surface area contributed by atoms with E-state index in [9.17, 15) is 14.9 Å². The maximum atomic E-state index is 11.6. The number of benzene rings is 1. The summed E-state index contributed by atoms with van der Waals surface area (Å²) in [5.74, 6) is -0.387. The topological polar surface area (TPSA) is 81.5 Å². The Labute approximate surface area is 103 Å². The minimum atomic E-state index is -0.571. The monoisotopic (exact) mass is 258 g/mol. The molecule has 17 heavy (non-hydrogen) atoms. The van der Waals surface area contributed by atoms with Gasteiger partial charge in [0.25, 0.3) is 11.6 Å². The molecule has 0 atom stereocenters. The van der Waals surface area contributed by atoms with E-state index in [2.05, 4.69) is 5.32 Å². The van der Waals surface area contributed by atoms with Crippen LogP contribution in [-0.4, -0.2) is 31.1 Å². The van der Waals surface area contributed by atoms with Crippen LogP contribution in [0.5, 0.6) is 0 Å². The van der Waals surface area contributed by atoms with E-state index in [0.717, 1.165) is 6.07 Å². The van der Waals surface area contributed by atoms with E-state index in [0.29, 0.717) is 13.2 Å². The number of rotatable bonds is 5. The number of hydrogen-bond acceptors (Lipinski definition) is 4. The molecule has 7 heteroatoms. The molecule has 6 nitrogen and oxygen atoms in total. The molecule has 0 aromatic heterocycles. The first-order chi connectivity index (χ1) is 8.06. The number of carbonyl (C=O) groups is 1. The fraction of sp³-hybridized carbons (Fsp3) is 0.300. The van der Waals surface area contributed by atoms with Gasteiger partial charge < -0.3 is 10.1 Å². The van der Waals surface area contributed by atoms with E-state index in [1.165, 1.54) is 19.2 Å². The summed E-state index contributed by atoms with van der Waals surface area (Å²) in [6.45, 7) is 0.735. The van der Waals surface area contributed by atoms with Crippen molar-refractivity contribution < 1.29 is 14.5 Å². The molecule has 0 saturated carbocycles. The smallest absolute Gasteiger partial charge is 0.270 e. The van der Waals surface area contributed by atoms with Crippen LogP contribution in [0.25, 0.3) is 0 Å². The first-order valence-corrected chi connectivity index (χ1v) is 5.15. The number of amides is 1. The van der Waals surface area contributed by atoms with Gasteiger partial charge in [0, 0.05) is 25.8 Å². The van der Waals surface area contributed by atoms with Crippen LogP contribution in [-0.2, 0) is 4.74 Å². The number of halogens is 1. The Morgan fingerprint density at radius 3 is 2.82 bits per heavy atom. The van der Waals surface area contributed by atoms with E-state index in [4.69, 9.17) is 16.3 Å². The second-order valence-corrected chi connectivity index (χ2v) is 3.58. The fourth-order valence-corrected chi connectivity index (χ4v) is 1.42. The lowest BCUT2D eigenvalue weighted by atomic mass is 10.2. The Hall–Kier alpha value is -1.66. The van der Waals surface area contributed by atoms with Gasteiger partial charge in [0.05, 0.1) is 22.1 Å². The van der Waals surface area contributed by atoms with Gasteiger partial charge in [-0.1, -0.05) is 11.6 Å². The minimum Gasteiger partial charge on any atom is -0.383 e. The van der Waals surface area contributed by atoms with E-state index in [1.54, 1.807) is 0 Å². The van der Waals surface area contributed by atoms with Gasteiger partial charge in [-0.2, -0.15) is 0 Å². The highest BCUT2D eigenvalue weighted by molar-refractivity contribution is 6.34. The van der Waals surface area contributed by atoms with Gasteiger partial charge >= 0.3 is 0 Å². The fourth-order valence-electron chi connectivity index (χ4n) is 1.16. The average molecular weight is 259 g/mol. The lowest BCUT2D eigenvalue weighted by molar-refractivity contribution is -0.384. The van der Waals surface area contributed by atoms with Gasteiger partial charge in [-0.3, -0.25) is 14.9 Å². The number of nitrogens with one attached hydrogen (secondary N) is 1. The van der Waals surface area contributed by atoms with Crippen molar-refractivity contribution in [3.05, 3.63) is 38.9 Å². The number of ether oxygens (including phenoxy) is 1. The van der Waals surface area contributed by atoms with Crippen molar-refractivity contribution >= 4 is 23.2 Å². The lowest BCUT2D eigenvalue weighted by Crippen LogP contribution is -2.27. The molecule has 92 valence electrons. The van der Waals surface area contributed by atoms with E-state index in [1.807, 2.05) is 0 Å². The molecule has 0 bridgehead atoms. The molecule has 0 unspecified atom stereocenters. The van der Waals surface area contributed by atoms with Gasteiger partial charge in [0.2, 0.25) is 0 Å². The van der Waals surface area contributed by atoms with E-state index < -0.39 is 4.92 Å². The third-order valence-corrected chi connectivity index (χ3v) is 2.31. The van der Waals surface area contributed by atoms with Crippen LogP contribution in [0.2, 0.25) is 5.02 Å². The lowest BCUT2D eigenvalue weighted by Gasteiger charge is -2.05. The molecule has 0 aliphatic carbocycles. The molecule has 0 spiro atoms. The van der Waals surface area contributed by atoms with Crippen molar-refractivity contribution in [2.75, 3.05) is 20.3 Å². The summed E-state index contributed by atoms with van der Waals surface area (Å²) in [5.41, 5.74) is 0.0526. The normalized spacial score (nSPS) is 10.0. The highest BCUT2D eigenvalue weighted by atomic mass is 35.5. The third-order valence-electron chi connectivity index (χ3n) is 2.00.